The summed E-state index contributed by atoms with van der Waals surface area (Å²) in [5.41, 5.74) is 0.787. The molecule has 0 radical (unpaired) electrons. The zero-order valence-corrected chi connectivity index (χ0v) is 11.2. The average Bonchev–Trinajstić information content (AvgIpc) is 2.58. The number of halogens is 2. The van der Waals surface area contributed by atoms with Gasteiger partial charge in [-0.25, -0.2) is 14.6 Å². The van der Waals surface area contributed by atoms with Gasteiger partial charge < -0.3 is 0 Å². The first-order valence-electron chi connectivity index (χ1n) is 4.85. The lowest BCUT2D eigenvalue weighted by molar-refractivity contribution is 0.799. The summed E-state index contributed by atoms with van der Waals surface area (Å²) in [7, 11) is 0. The molecular weight excluding hydrogens is 291 g/mol. The SMILES string of the molecule is CCc1nc(Br)cc(-n2cc(Cl)c(C)n2)n1. The summed E-state index contributed by atoms with van der Waals surface area (Å²) in [6, 6.07) is 1.81. The van der Waals surface area contributed by atoms with Crippen molar-refractivity contribution < 1.29 is 0 Å². The molecule has 0 saturated heterocycles. The van der Waals surface area contributed by atoms with Gasteiger partial charge in [0.15, 0.2) is 5.82 Å². The number of hydrogen-bond donors (Lipinski definition) is 0. The molecule has 2 heterocycles. The molecule has 0 atom stereocenters. The van der Waals surface area contributed by atoms with E-state index in [2.05, 4.69) is 31.0 Å². The first-order valence-corrected chi connectivity index (χ1v) is 6.03. The van der Waals surface area contributed by atoms with E-state index in [1.165, 1.54) is 0 Å². The average molecular weight is 302 g/mol. The fraction of sp³-hybridized carbons (Fsp3) is 0.300. The highest BCUT2D eigenvalue weighted by Crippen LogP contribution is 2.17. The Morgan fingerprint density at radius 2 is 2.19 bits per heavy atom. The van der Waals surface area contributed by atoms with Gasteiger partial charge in [0.05, 0.1) is 16.9 Å². The largest absolute Gasteiger partial charge is 0.226 e. The summed E-state index contributed by atoms with van der Waals surface area (Å²) in [6.45, 7) is 3.86. The fourth-order valence-corrected chi connectivity index (χ4v) is 1.82. The van der Waals surface area contributed by atoms with E-state index in [0.29, 0.717) is 10.8 Å². The van der Waals surface area contributed by atoms with E-state index < -0.39 is 0 Å². The quantitative estimate of drug-likeness (QED) is 0.801. The maximum Gasteiger partial charge on any atom is 0.158 e. The molecule has 16 heavy (non-hydrogen) atoms. The van der Waals surface area contributed by atoms with Gasteiger partial charge in [-0.05, 0) is 22.9 Å². The zero-order chi connectivity index (χ0) is 11.7. The highest BCUT2D eigenvalue weighted by atomic mass is 79.9. The molecule has 0 amide bonds. The number of aryl methyl sites for hydroxylation is 2. The molecule has 0 aliphatic rings. The van der Waals surface area contributed by atoms with Crippen LogP contribution in [0.3, 0.4) is 0 Å². The molecule has 4 nitrogen and oxygen atoms in total. The van der Waals surface area contributed by atoms with Gasteiger partial charge in [0.2, 0.25) is 0 Å². The van der Waals surface area contributed by atoms with E-state index in [-0.39, 0.29) is 0 Å². The van der Waals surface area contributed by atoms with Crippen molar-refractivity contribution >= 4 is 27.5 Å². The summed E-state index contributed by atoms with van der Waals surface area (Å²) < 4.78 is 2.40. The second-order valence-electron chi connectivity index (χ2n) is 3.33. The van der Waals surface area contributed by atoms with Crippen LogP contribution in [0, 0.1) is 6.92 Å². The van der Waals surface area contributed by atoms with Crippen molar-refractivity contribution in [3.05, 3.63) is 33.4 Å². The molecule has 0 saturated carbocycles. The van der Waals surface area contributed by atoms with Crippen molar-refractivity contribution in [1.29, 1.82) is 0 Å². The normalized spacial score (nSPS) is 10.8. The van der Waals surface area contributed by atoms with Crippen molar-refractivity contribution in [3.63, 3.8) is 0 Å². The van der Waals surface area contributed by atoms with Gasteiger partial charge in [0.1, 0.15) is 10.4 Å². The molecule has 2 rings (SSSR count). The first kappa shape index (κ1) is 11.5. The lowest BCUT2D eigenvalue weighted by Gasteiger charge is -2.03. The van der Waals surface area contributed by atoms with E-state index in [1.807, 2.05) is 19.9 Å². The predicted molar refractivity (Wildman–Crippen MR) is 66.0 cm³/mol. The van der Waals surface area contributed by atoms with Gasteiger partial charge in [-0.2, -0.15) is 5.10 Å². The van der Waals surface area contributed by atoms with Crippen LogP contribution in [0.5, 0.6) is 0 Å². The third-order valence-electron chi connectivity index (χ3n) is 2.12. The molecule has 0 fully saturated rings. The van der Waals surface area contributed by atoms with E-state index in [0.717, 1.165) is 22.5 Å². The zero-order valence-electron chi connectivity index (χ0n) is 8.91. The first-order chi connectivity index (χ1) is 7.60. The van der Waals surface area contributed by atoms with Crippen LogP contribution in [0.15, 0.2) is 16.9 Å². The van der Waals surface area contributed by atoms with Gasteiger partial charge in [-0.15, -0.1) is 0 Å². The Bertz CT molecular complexity index is 504. The maximum atomic E-state index is 5.95. The lowest BCUT2D eigenvalue weighted by Crippen LogP contribution is -2.03. The Kier molecular flexibility index (Phi) is 3.25. The van der Waals surface area contributed by atoms with E-state index in [9.17, 15) is 0 Å². The molecular formula is C10H10BrClN4. The molecule has 84 valence electrons. The Balaban J connectivity index is 2.50. The van der Waals surface area contributed by atoms with E-state index in [1.54, 1.807) is 10.9 Å². The van der Waals surface area contributed by atoms with Crippen molar-refractivity contribution in [2.75, 3.05) is 0 Å². The van der Waals surface area contributed by atoms with Gasteiger partial charge in [-0.3, -0.25) is 0 Å². The summed E-state index contributed by atoms with van der Waals surface area (Å²) in [6.07, 6.45) is 2.52. The molecule has 0 unspecified atom stereocenters. The third-order valence-corrected chi connectivity index (χ3v) is 2.89. The second-order valence-corrected chi connectivity index (χ2v) is 4.55. The van der Waals surface area contributed by atoms with Crippen LogP contribution in [-0.4, -0.2) is 19.7 Å². The van der Waals surface area contributed by atoms with Crippen LogP contribution in [0.25, 0.3) is 5.82 Å². The van der Waals surface area contributed by atoms with Crippen LogP contribution in [0.2, 0.25) is 5.02 Å². The topological polar surface area (TPSA) is 43.6 Å². The second kappa shape index (κ2) is 4.51. The minimum absolute atomic E-state index is 0.632. The van der Waals surface area contributed by atoms with E-state index >= 15 is 0 Å². The van der Waals surface area contributed by atoms with E-state index in [4.69, 9.17) is 11.6 Å². The van der Waals surface area contributed by atoms with Crippen LogP contribution in [0.4, 0.5) is 0 Å². The molecule has 0 bridgehead atoms. The van der Waals surface area contributed by atoms with Gasteiger partial charge >= 0.3 is 0 Å². The lowest BCUT2D eigenvalue weighted by atomic mass is 10.4. The number of rotatable bonds is 2. The van der Waals surface area contributed by atoms with Crippen molar-refractivity contribution in [3.8, 4) is 5.82 Å². The van der Waals surface area contributed by atoms with Crippen molar-refractivity contribution in [2.24, 2.45) is 0 Å². The predicted octanol–water partition coefficient (Wildman–Crippen LogP) is 2.95. The minimum atomic E-state index is 0.632. The summed E-state index contributed by atoms with van der Waals surface area (Å²) >= 11 is 9.31. The molecule has 2 aromatic rings. The Labute approximate surface area is 107 Å². The van der Waals surface area contributed by atoms with Gasteiger partial charge in [0.25, 0.3) is 0 Å². The monoisotopic (exact) mass is 300 g/mol. The number of nitrogens with zero attached hydrogens (tertiary/aromatic N) is 4. The minimum Gasteiger partial charge on any atom is -0.226 e. The van der Waals surface area contributed by atoms with Crippen molar-refractivity contribution in [1.82, 2.24) is 19.7 Å². The van der Waals surface area contributed by atoms with Crippen LogP contribution >= 0.6 is 27.5 Å². The molecule has 0 spiro atoms. The van der Waals surface area contributed by atoms with Crippen LogP contribution in [0.1, 0.15) is 18.4 Å². The fourth-order valence-electron chi connectivity index (χ4n) is 1.28. The Morgan fingerprint density at radius 3 is 2.75 bits per heavy atom. The standard InChI is InChI=1S/C10H10BrClN4/c1-3-9-13-8(11)4-10(14-9)16-5-7(12)6(2)15-16/h4-5H,3H2,1-2H3. The number of aromatic nitrogens is 4. The number of hydrogen-bond acceptors (Lipinski definition) is 3. The Hall–Kier alpha value is -0.940. The van der Waals surface area contributed by atoms with Gasteiger partial charge in [0, 0.05) is 12.5 Å². The maximum absolute atomic E-state index is 5.95. The Morgan fingerprint density at radius 1 is 1.44 bits per heavy atom. The smallest absolute Gasteiger partial charge is 0.158 e. The molecule has 6 heteroatoms. The van der Waals surface area contributed by atoms with Crippen molar-refractivity contribution in [2.45, 2.75) is 20.3 Å². The third kappa shape index (κ3) is 2.25. The summed E-state index contributed by atoms with van der Waals surface area (Å²) in [5, 5.41) is 4.90. The molecule has 0 aliphatic carbocycles. The van der Waals surface area contributed by atoms with Crippen LogP contribution in [-0.2, 0) is 6.42 Å². The van der Waals surface area contributed by atoms with Crippen LogP contribution < -0.4 is 0 Å². The molecule has 0 N–H and O–H groups in total. The molecule has 2 aromatic heterocycles. The highest BCUT2D eigenvalue weighted by molar-refractivity contribution is 9.10. The highest BCUT2D eigenvalue weighted by Gasteiger charge is 2.07. The molecule has 0 aliphatic heterocycles. The summed E-state index contributed by atoms with van der Waals surface area (Å²) in [5.74, 6) is 1.49. The van der Waals surface area contributed by atoms with Gasteiger partial charge in [-0.1, -0.05) is 18.5 Å². The summed E-state index contributed by atoms with van der Waals surface area (Å²) in [4.78, 5) is 8.62. The molecule has 0 aromatic carbocycles.